The largest absolute Gasteiger partial charge is 0.351 e. The van der Waals surface area contributed by atoms with Gasteiger partial charge in [0.1, 0.15) is 12.1 Å². The average molecular weight is 698 g/mol. The standard InChI is InChI=1S/C37H55N5O6S/c1-8-42(9-2)21-20-38-34(43)29-15-17-30(18-16-29)35(44)40-33(25-28-13-11-10-12-14-28)37(46)41-32(24-27(5)6)36(45)39-31(23-26(3)4)19-22-49(7,47)48/h10-19,22,26-27,31-33H,8-9,20-21,23-25H2,1-7H3,(H,38,43)(H,39,45)(H,40,44)(H,41,46)/b22-19+/t31-,32+,33+/m1/s1. The van der Waals surface area contributed by atoms with Gasteiger partial charge in [-0.1, -0.05) is 78.0 Å². The summed E-state index contributed by atoms with van der Waals surface area (Å²) in [4.78, 5) is 55.6. The minimum atomic E-state index is -3.40. The van der Waals surface area contributed by atoms with Gasteiger partial charge in [0, 0.05) is 48.3 Å². The Morgan fingerprint density at radius 1 is 0.735 bits per heavy atom. The van der Waals surface area contributed by atoms with E-state index in [9.17, 15) is 27.6 Å². The van der Waals surface area contributed by atoms with Gasteiger partial charge in [-0.2, -0.15) is 0 Å². The van der Waals surface area contributed by atoms with E-state index < -0.39 is 45.7 Å². The van der Waals surface area contributed by atoms with Gasteiger partial charge in [0.25, 0.3) is 11.8 Å². The van der Waals surface area contributed by atoms with Crippen molar-refractivity contribution in [3.05, 3.63) is 82.8 Å². The van der Waals surface area contributed by atoms with E-state index in [1.807, 2.05) is 58.0 Å². The second kappa shape index (κ2) is 20.5. The van der Waals surface area contributed by atoms with Crippen LogP contribution in [0.1, 0.15) is 80.7 Å². The molecule has 0 aliphatic heterocycles. The minimum Gasteiger partial charge on any atom is -0.351 e. The van der Waals surface area contributed by atoms with Gasteiger partial charge in [-0.15, -0.1) is 0 Å². The fourth-order valence-electron chi connectivity index (χ4n) is 5.23. The molecular weight excluding hydrogens is 643 g/mol. The van der Waals surface area contributed by atoms with Gasteiger partial charge in [-0.25, -0.2) is 8.42 Å². The molecule has 2 rings (SSSR count). The first-order valence-corrected chi connectivity index (χ1v) is 19.0. The highest BCUT2D eigenvalue weighted by Crippen LogP contribution is 2.12. The minimum absolute atomic E-state index is 0.0428. The van der Waals surface area contributed by atoms with Crippen molar-refractivity contribution in [3.63, 3.8) is 0 Å². The van der Waals surface area contributed by atoms with Crippen LogP contribution in [-0.2, 0) is 25.8 Å². The van der Waals surface area contributed by atoms with Crippen molar-refractivity contribution < 1.29 is 27.6 Å². The van der Waals surface area contributed by atoms with Crippen molar-refractivity contribution in [2.45, 2.75) is 78.9 Å². The fraction of sp³-hybridized carbons (Fsp3) is 0.514. The maximum Gasteiger partial charge on any atom is 0.251 e. The van der Waals surface area contributed by atoms with Crippen LogP contribution in [0.3, 0.4) is 0 Å². The Labute approximate surface area is 292 Å². The van der Waals surface area contributed by atoms with E-state index in [4.69, 9.17) is 0 Å². The maximum atomic E-state index is 13.8. The lowest BCUT2D eigenvalue weighted by Gasteiger charge is -2.26. The lowest BCUT2D eigenvalue weighted by molar-refractivity contribution is -0.130. The molecule has 0 unspecified atom stereocenters. The van der Waals surface area contributed by atoms with Crippen LogP contribution in [0.2, 0.25) is 0 Å². The summed E-state index contributed by atoms with van der Waals surface area (Å²) >= 11 is 0. The third kappa shape index (κ3) is 15.8. The third-order valence-electron chi connectivity index (χ3n) is 7.87. The van der Waals surface area contributed by atoms with E-state index in [1.54, 1.807) is 24.3 Å². The lowest BCUT2D eigenvalue weighted by atomic mass is 9.99. The molecule has 0 aliphatic carbocycles. The van der Waals surface area contributed by atoms with Crippen LogP contribution < -0.4 is 21.3 Å². The number of likely N-dealkylation sites (N-methyl/N-ethyl adjacent to an activating group) is 1. The normalized spacial score (nSPS) is 13.7. The number of hydrogen-bond acceptors (Lipinski definition) is 7. The molecule has 49 heavy (non-hydrogen) atoms. The van der Waals surface area contributed by atoms with Crippen LogP contribution in [0.5, 0.6) is 0 Å². The second-order valence-corrected chi connectivity index (χ2v) is 15.1. The number of nitrogens with one attached hydrogen (secondary N) is 4. The van der Waals surface area contributed by atoms with Gasteiger partial charge in [-0.3, -0.25) is 19.2 Å². The molecule has 4 N–H and O–H groups in total. The molecule has 4 amide bonds. The predicted octanol–water partition coefficient (Wildman–Crippen LogP) is 3.72. The molecule has 0 bridgehead atoms. The maximum absolute atomic E-state index is 13.8. The van der Waals surface area contributed by atoms with Crippen LogP contribution in [0.4, 0.5) is 0 Å². The lowest BCUT2D eigenvalue weighted by Crippen LogP contribution is -2.55. The molecule has 0 fully saturated rings. The summed E-state index contributed by atoms with van der Waals surface area (Å²) in [7, 11) is -3.40. The summed E-state index contributed by atoms with van der Waals surface area (Å²) in [5.41, 5.74) is 1.50. The van der Waals surface area contributed by atoms with Crippen LogP contribution in [0.25, 0.3) is 0 Å². The van der Waals surface area contributed by atoms with E-state index in [0.29, 0.717) is 24.9 Å². The van der Waals surface area contributed by atoms with Gasteiger partial charge in [0.15, 0.2) is 9.84 Å². The van der Waals surface area contributed by atoms with Crippen molar-refractivity contribution in [3.8, 4) is 0 Å². The monoisotopic (exact) mass is 697 g/mol. The quantitative estimate of drug-likeness (QED) is 0.165. The zero-order valence-electron chi connectivity index (χ0n) is 30.0. The third-order valence-corrected chi connectivity index (χ3v) is 8.52. The summed E-state index contributed by atoms with van der Waals surface area (Å²) in [6.07, 6.45) is 3.55. The molecule has 2 aromatic rings. The Morgan fingerprint density at radius 2 is 1.29 bits per heavy atom. The second-order valence-electron chi connectivity index (χ2n) is 13.2. The van der Waals surface area contributed by atoms with Crippen molar-refractivity contribution >= 4 is 33.5 Å². The number of carbonyl (C=O) groups is 4. The van der Waals surface area contributed by atoms with E-state index in [0.717, 1.165) is 36.9 Å². The van der Waals surface area contributed by atoms with Crippen molar-refractivity contribution in [2.24, 2.45) is 11.8 Å². The number of carbonyl (C=O) groups excluding carboxylic acids is 4. The van der Waals surface area contributed by atoms with E-state index in [1.165, 1.54) is 6.08 Å². The number of sulfone groups is 1. The Bertz CT molecular complexity index is 1490. The predicted molar refractivity (Wildman–Crippen MR) is 195 cm³/mol. The number of hydrogen-bond donors (Lipinski definition) is 4. The van der Waals surface area contributed by atoms with E-state index in [2.05, 4.69) is 40.0 Å². The number of nitrogens with zero attached hydrogens (tertiary/aromatic N) is 1. The molecular formula is C37H55N5O6S. The SMILES string of the molecule is CCN(CC)CCNC(=O)c1ccc(C(=O)N[C@@H](Cc2ccccc2)C(=O)N[C@@H](CC(C)C)C(=O)N[C@H](/C=C/S(C)(=O)=O)CC(C)C)cc1. The molecule has 12 heteroatoms. The Hall–Kier alpha value is -4.03. The molecule has 0 spiro atoms. The first-order valence-electron chi connectivity index (χ1n) is 17.1. The molecule has 0 saturated heterocycles. The summed E-state index contributed by atoms with van der Waals surface area (Å²) in [6.45, 7) is 15.0. The number of amides is 4. The van der Waals surface area contributed by atoms with Gasteiger partial charge in [0.05, 0.1) is 0 Å². The summed E-state index contributed by atoms with van der Waals surface area (Å²) in [5.74, 6) is -1.51. The van der Waals surface area contributed by atoms with Crippen molar-refractivity contribution in [1.82, 2.24) is 26.2 Å². The van der Waals surface area contributed by atoms with Gasteiger partial charge < -0.3 is 26.2 Å². The fourth-order valence-corrected chi connectivity index (χ4v) is 5.71. The zero-order chi connectivity index (χ0) is 36.6. The van der Waals surface area contributed by atoms with Crippen LogP contribution >= 0.6 is 0 Å². The first-order chi connectivity index (χ1) is 23.1. The Kier molecular flexibility index (Phi) is 17.2. The highest BCUT2D eigenvalue weighted by Gasteiger charge is 2.29. The molecule has 270 valence electrons. The van der Waals surface area contributed by atoms with E-state index in [-0.39, 0.29) is 29.7 Å². The number of benzene rings is 2. The molecule has 2 aromatic carbocycles. The summed E-state index contributed by atoms with van der Waals surface area (Å²) in [5, 5.41) is 12.6. The van der Waals surface area contributed by atoms with Crippen molar-refractivity contribution in [2.75, 3.05) is 32.4 Å². The molecule has 0 radical (unpaired) electrons. The first kappa shape index (κ1) is 41.1. The summed E-state index contributed by atoms with van der Waals surface area (Å²) < 4.78 is 23.5. The zero-order valence-corrected chi connectivity index (χ0v) is 30.8. The molecule has 0 aromatic heterocycles. The smallest absolute Gasteiger partial charge is 0.251 e. The van der Waals surface area contributed by atoms with Crippen LogP contribution in [-0.4, -0.2) is 87.5 Å². The summed E-state index contributed by atoms with van der Waals surface area (Å²) in [6, 6.07) is 13.0. The highest BCUT2D eigenvalue weighted by molar-refractivity contribution is 7.93. The molecule has 11 nitrogen and oxygen atoms in total. The Morgan fingerprint density at radius 3 is 1.82 bits per heavy atom. The molecule has 0 heterocycles. The Balaban J connectivity index is 2.23. The molecule has 3 atom stereocenters. The average Bonchev–Trinajstić information content (AvgIpc) is 3.04. The highest BCUT2D eigenvalue weighted by atomic mass is 32.2. The van der Waals surface area contributed by atoms with Crippen LogP contribution in [0.15, 0.2) is 66.1 Å². The van der Waals surface area contributed by atoms with Crippen molar-refractivity contribution in [1.29, 1.82) is 0 Å². The van der Waals surface area contributed by atoms with Gasteiger partial charge in [-0.05, 0) is 67.6 Å². The molecule has 0 saturated carbocycles. The van der Waals surface area contributed by atoms with Gasteiger partial charge in [0.2, 0.25) is 11.8 Å². The molecule has 0 aliphatic rings. The number of rotatable bonds is 20. The van der Waals surface area contributed by atoms with Gasteiger partial charge >= 0.3 is 0 Å². The van der Waals surface area contributed by atoms with E-state index >= 15 is 0 Å². The topological polar surface area (TPSA) is 154 Å². The van der Waals surface area contributed by atoms with Crippen LogP contribution in [0, 0.1) is 11.8 Å².